The number of amides is 1. The zero-order valence-electron chi connectivity index (χ0n) is 16.7. The SMILES string of the molecule is Cc1nc(C(=O)N(C)c2ccccc2)cc(N2CCN(c3ccccn3)CC2)n1. The number of hydrogen-bond acceptors (Lipinski definition) is 6. The minimum absolute atomic E-state index is 0.143. The standard InChI is InChI=1S/C22H24N6O/c1-17-24-19(22(29)26(2)18-8-4-3-5-9-18)16-21(25-17)28-14-12-27(13-15-28)20-10-6-7-11-23-20/h3-11,16H,12-15H2,1-2H3. The highest BCUT2D eigenvalue weighted by molar-refractivity contribution is 6.04. The van der Waals surface area contributed by atoms with Crippen molar-refractivity contribution in [1.82, 2.24) is 15.0 Å². The summed E-state index contributed by atoms with van der Waals surface area (Å²) in [6.07, 6.45) is 1.82. The maximum absolute atomic E-state index is 13.0. The molecule has 3 heterocycles. The fourth-order valence-electron chi connectivity index (χ4n) is 3.47. The van der Waals surface area contributed by atoms with Crippen LogP contribution in [0, 0.1) is 6.92 Å². The van der Waals surface area contributed by atoms with Gasteiger partial charge in [0.15, 0.2) is 0 Å². The number of aryl methyl sites for hydroxylation is 1. The van der Waals surface area contributed by atoms with Crippen LogP contribution in [0.5, 0.6) is 0 Å². The number of nitrogens with zero attached hydrogens (tertiary/aromatic N) is 6. The van der Waals surface area contributed by atoms with Gasteiger partial charge in [-0.3, -0.25) is 4.79 Å². The minimum atomic E-state index is -0.143. The van der Waals surface area contributed by atoms with Crippen LogP contribution in [0.2, 0.25) is 0 Å². The second kappa shape index (κ2) is 8.26. The maximum atomic E-state index is 13.0. The van der Waals surface area contributed by atoms with E-state index in [1.54, 1.807) is 18.0 Å². The summed E-state index contributed by atoms with van der Waals surface area (Å²) in [4.78, 5) is 32.5. The Balaban J connectivity index is 1.50. The third-order valence-electron chi connectivity index (χ3n) is 5.07. The number of piperazine rings is 1. The van der Waals surface area contributed by atoms with Gasteiger partial charge in [-0.1, -0.05) is 24.3 Å². The third-order valence-corrected chi connectivity index (χ3v) is 5.07. The van der Waals surface area contributed by atoms with E-state index in [4.69, 9.17) is 0 Å². The number of carbonyl (C=O) groups excluding carboxylic acids is 1. The first kappa shape index (κ1) is 18.9. The number of carbonyl (C=O) groups is 1. The molecule has 1 aromatic carbocycles. The van der Waals surface area contributed by atoms with E-state index >= 15 is 0 Å². The lowest BCUT2D eigenvalue weighted by atomic mass is 10.2. The van der Waals surface area contributed by atoms with Crippen LogP contribution in [-0.4, -0.2) is 54.1 Å². The van der Waals surface area contributed by atoms with Crippen LogP contribution in [0.15, 0.2) is 60.8 Å². The van der Waals surface area contributed by atoms with Crippen LogP contribution in [-0.2, 0) is 0 Å². The monoisotopic (exact) mass is 388 g/mol. The average Bonchev–Trinajstić information content (AvgIpc) is 2.79. The predicted molar refractivity (Wildman–Crippen MR) is 115 cm³/mol. The molecule has 0 spiro atoms. The van der Waals surface area contributed by atoms with Gasteiger partial charge in [0.1, 0.15) is 23.2 Å². The van der Waals surface area contributed by atoms with E-state index in [-0.39, 0.29) is 5.91 Å². The molecule has 0 bridgehead atoms. The minimum Gasteiger partial charge on any atom is -0.353 e. The molecule has 148 valence electrons. The fourth-order valence-corrected chi connectivity index (χ4v) is 3.47. The number of rotatable bonds is 4. The Morgan fingerprint density at radius 1 is 0.897 bits per heavy atom. The molecule has 0 radical (unpaired) electrons. The van der Waals surface area contributed by atoms with Crippen LogP contribution in [0.3, 0.4) is 0 Å². The average molecular weight is 388 g/mol. The number of pyridine rings is 1. The first-order chi connectivity index (χ1) is 14.1. The molecule has 1 aliphatic rings. The molecule has 0 atom stereocenters. The van der Waals surface area contributed by atoms with Gasteiger partial charge in [0, 0.05) is 51.2 Å². The van der Waals surface area contributed by atoms with Gasteiger partial charge in [0.25, 0.3) is 5.91 Å². The summed E-state index contributed by atoms with van der Waals surface area (Å²) >= 11 is 0. The highest BCUT2D eigenvalue weighted by Gasteiger charge is 2.22. The normalized spacial score (nSPS) is 14.0. The van der Waals surface area contributed by atoms with Crippen molar-refractivity contribution in [2.75, 3.05) is 47.9 Å². The lowest BCUT2D eigenvalue weighted by Crippen LogP contribution is -2.47. The molecule has 7 nitrogen and oxygen atoms in total. The predicted octanol–water partition coefficient (Wildman–Crippen LogP) is 2.78. The zero-order valence-corrected chi connectivity index (χ0v) is 16.7. The highest BCUT2D eigenvalue weighted by Crippen LogP contribution is 2.20. The molecule has 0 N–H and O–H groups in total. The smallest absolute Gasteiger partial charge is 0.276 e. The van der Waals surface area contributed by atoms with Gasteiger partial charge in [-0.05, 0) is 31.2 Å². The molecule has 0 unspecified atom stereocenters. The van der Waals surface area contributed by atoms with Gasteiger partial charge in [-0.15, -0.1) is 0 Å². The summed E-state index contributed by atoms with van der Waals surface area (Å²) in [5.41, 5.74) is 1.24. The van der Waals surface area contributed by atoms with Crippen molar-refractivity contribution >= 4 is 23.2 Å². The Morgan fingerprint density at radius 2 is 1.55 bits per heavy atom. The van der Waals surface area contributed by atoms with Gasteiger partial charge in [0.05, 0.1) is 0 Å². The van der Waals surface area contributed by atoms with Crippen molar-refractivity contribution in [3.8, 4) is 0 Å². The maximum Gasteiger partial charge on any atom is 0.276 e. The number of benzene rings is 1. The van der Waals surface area contributed by atoms with Gasteiger partial charge in [-0.2, -0.15) is 0 Å². The Bertz CT molecular complexity index is 971. The van der Waals surface area contributed by atoms with Crippen molar-refractivity contribution in [3.63, 3.8) is 0 Å². The van der Waals surface area contributed by atoms with E-state index < -0.39 is 0 Å². The van der Waals surface area contributed by atoms with E-state index in [1.807, 2.05) is 61.7 Å². The fraction of sp³-hybridized carbons (Fsp3) is 0.273. The number of aromatic nitrogens is 3. The van der Waals surface area contributed by atoms with Gasteiger partial charge in [0.2, 0.25) is 0 Å². The Labute approximate surface area is 170 Å². The van der Waals surface area contributed by atoms with Crippen molar-refractivity contribution in [1.29, 1.82) is 0 Å². The summed E-state index contributed by atoms with van der Waals surface area (Å²) in [7, 11) is 1.76. The molecule has 3 aromatic rings. The largest absolute Gasteiger partial charge is 0.353 e. The molecule has 1 aliphatic heterocycles. The molecule has 0 saturated carbocycles. The van der Waals surface area contributed by atoms with Crippen LogP contribution >= 0.6 is 0 Å². The molecular weight excluding hydrogens is 364 g/mol. The first-order valence-corrected chi connectivity index (χ1v) is 9.71. The van der Waals surface area contributed by atoms with Crippen molar-refractivity contribution < 1.29 is 4.79 Å². The van der Waals surface area contributed by atoms with E-state index in [9.17, 15) is 4.79 Å². The molecule has 1 fully saturated rings. The van der Waals surface area contributed by atoms with Crippen LogP contribution in [0.25, 0.3) is 0 Å². The van der Waals surface area contributed by atoms with Crippen LogP contribution in [0.1, 0.15) is 16.3 Å². The van der Waals surface area contributed by atoms with Crippen LogP contribution < -0.4 is 14.7 Å². The lowest BCUT2D eigenvalue weighted by Gasteiger charge is -2.36. The number of anilines is 3. The molecule has 7 heteroatoms. The lowest BCUT2D eigenvalue weighted by molar-refractivity contribution is 0.0988. The van der Waals surface area contributed by atoms with Crippen LogP contribution in [0.4, 0.5) is 17.3 Å². The van der Waals surface area contributed by atoms with E-state index in [0.717, 1.165) is 43.5 Å². The van der Waals surface area contributed by atoms with Crippen molar-refractivity contribution in [2.24, 2.45) is 0 Å². The molecule has 2 aromatic heterocycles. The number of para-hydroxylation sites is 1. The molecule has 0 aliphatic carbocycles. The topological polar surface area (TPSA) is 65.5 Å². The van der Waals surface area contributed by atoms with Gasteiger partial charge in [-0.25, -0.2) is 15.0 Å². The van der Waals surface area contributed by atoms with E-state index in [2.05, 4.69) is 24.8 Å². The summed E-state index contributed by atoms with van der Waals surface area (Å²) in [5, 5.41) is 0. The van der Waals surface area contributed by atoms with Gasteiger partial charge >= 0.3 is 0 Å². The molecule has 4 rings (SSSR count). The summed E-state index contributed by atoms with van der Waals surface area (Å²) < 4.78 is 0. The number of hydrogen-bond donors (Lipinski definition) is 0. The Kier molecular flexibility index (Phi) is 5.37. The third kappa shape index (κ3) is 4.18. The Hall–Kier alpha value is -3.48. The highest BCUT2D eigenvalue weighted by atomic mass is 16.2. The molecule has 1 amide bonds. The molecule has 1 saturated heterocycles. The first-order valence-electron chi connectivity index (χ1n) is 9.71. The summed E-state index contributed by atoms with van der Waals surface area (Å²) in [6, 6.07) is 17.3. The van der Waals surface area contributed by atoms with Crippen molar-refractivity contribution in [3.05, 3.63) is 72.3 Å². The van der Waals surface area contributed by atoms with E-state index in [1.165, 1.54) is 0 Å². The molecular formula is C22H24N6O. The van der Waals surface area contributed by atoms with Gasteiger partial charge < -0.3 is 14.7 Å². The summed E-state index contributed by atoms with van der Waals surface area (Å²) in [6.45, 7) is 5.16. The zero-order chi connectivity index (χ0) is 20.2. The van der Waals surface area contributed by atoms with E-state index in [0.29, 0.717) is 11.5 Å². The summed E-state index contributed by atoms with van der Waals surface area (Å²) in [5.74, 6) is 2.24. The second-order valence-electron chi connectivity index (χ2n) is 7.02. The molecule has 29 heavy (non-hydrogen) atoms. The quantitative estimate of drug-likeness (QED) is 0.685. The van der Waals surface area contributed by atoms with Crippen molar-refractivity contribution in [2.45, 2.75) is 6.92 Å². The second-order valence-corrected chi connectivity index (χ2v) is 7.02. The Morgan fingerprint density at radius 3 is 2.21 bits per heavy atom.